The molecule has 0 saturated heterocycles. The zero-order valence-corrected chi connectivity index (χ0v) is 6.90. The summed E-state index contributed by atoms with van der Waals surface area (Å²) in [5.74, 6) is -1.52. The van der Waals surface area contributed by atoms with Gasteiger partial charge in [-0.1, -0.05) is 12.2 Å². The van der Waals surface area contributed by atoms with E-state index in [1.807, 2.05) is 0 Å². The summed E-state index contributed by atoms with van der Waals surface area (Å²) in [4.78, 5) is 20.7. The van der Waals surface area contributed by atoms with Crippen molar-refractivity contribution in [3.8, 4) is 0 Å². The molecule has 4 nitrogen and oxygen atoms in total. The second kappa shape index (κ2) is 5.12. The number of aliphatic carboxylic acids is 1. The highest BCUT2D eigenvalue weighted by Crippen LogP contribution is 1.95. The van der Waals surface area contributed by atoms with E-state index in [9.17, 15) is 9.59 Å². The Morgan fingerprint density at radius 1 is 1.42 bits per heavy atom. The average molecular weight is 170 g/mol. The van der Waals surface area contributed by atoms with E-state index in [4.69, 9.17) is 5.11 Å². The van der Waals surface area contributed by atoms with Gasteiger partial charge in [0.2, 0.25) is 0 Å². The minimum Gasteiger partial charge on any atom is -0.478 e. The van der Waals surface area contributed by atoms with E-state index in [1.165, 1.54) is 26.2 Å². The summed E-state index contributed by atoms with van der Waals surface area (Å²) in [6.45, 7) is 1.54. The first-order valence-electron chi connectivity index (χ1n) is 3.24. The number of hydrogen-bond donors (Lipinski definition) is 1. The maximum atomic E-state index is 10.7. The number of hydrogen-bond acceptors (Lipinski definition) is 3. The Labute approximate surface area is 70.1 Å². The molecule has 4 heteroatoms. The van der Waals surface area contributed by atoms with Crippen molar-refractivity contribution in [1.29, 1.82) is 0 Å². The maximum absolute atomic E-state index is 10.7. The molecule has 0 aliphatic heterocycles. The van der Waals surface area contributed by atoms with Crippen molar-refractivity contribution in [2.24, 2.45) is 0 Å². The van der Waals surface area contributed by atoms with Gasteiger partial charge in [0.25, 0.3) is 0 Å². The summed E-state index contributed by atoms with van der Waals surface area (Å²) in [5.41, 5.74) is 0.356. The molecule has 0 spiro atoms. The SMILES string of the molecule is COC(=O)C(C)=CC=CC(=O)O. The summed E-state index contributed by atoms with van der Waals surface area (Å²) in [7, 11) is 1.26. The lowest BCUT2D eigenvalue weighted by Gasteiger charge is -1.94. The molecule has 0 amide bonds. The van der Waals surface area contributed by atoms with Gasteiger partial charge in [-0.05, 0) is 6.92 Å². The van der Waals surface area contributed by atoms with Crippen molar-refractivity contribution < 1.29 is 19.4 Å². The van der Waals surface area contributed by atoms with E-state index in [0.717, 1.165) is 6.08 Å². The van der Waals surface area contributed by atoms with Crippen LogP contribution in [0.4, 0.5) is 0 Å². The van der Waals surface area contributed by atoms with E-state index in [1.54, 1.807) is 0 Å². The number of carbonyl (C=O) groups is 2. The summed E-state index contributed by atoms with van der Waals surface area (Å²) >= 11 is 0. The first-order valence-corrected chi connectivity index (χ1v) is 3.24. The zero-order chi connectivity index (χ0) is 9.56. The first-order chi connectivity index (χ1) is 5.57. The number of allylic oxidation sites excluding steroid dienone is 2. The van der Waals surface area contributed by atoms with Gasteiger partial charge >= 0.3 is 11.9 Å². The summed E-state index contributed by atoms with van der Waals surface area (Å²) < 4.78 is 4.38. The Morgan fingerprint density at radius 2 is 2.00 bits per heavy atom. The molecule has 0 aromatic heterocycles. The van der Waals surface area contributed by atoms with Gasteiger partial charge in [-0.3, -0.25) is 0 Å². The lowest BCUT2D eigenvalue weighted by Crippen LogP contribution is -2.00. The summed E-state index contributed by atoms with van der Waals surface area (Å²) in [6.07, 6.45) is 3.58. The van der Waals surface area contributed by atoms with Crippen molar-refractivity contribution in [1.82, 2.24) is 0 Å². The smallest absolute Gasteiger partial charge is 0.333 e. The minimum atomic E-state index is -1.05. The van der Waals surface area contributed by atoms with Gasteiger partial charge in [0.1, 0.15) is 0 Å². The van der Waals surface area contributed by atoms with E-state index < -0.39 is 11.9 Å². The molecule has 66 valence electrons. The fourth-order valence-electron chi connectivity index (χ4n) is 0.504. The lowest BCUT2D eigenvalue weighted by molar-refractivity contribution is -0.136. The highest BCUT2D eigenvalue weighted by Gasteiger charge is 1.99. The van der Waals surface area contributed by atoms with Crippen LogP contribution in [-0.2, 0) is 14.3 Å². The van der Waals surface area contributed by atoms with Crippen LogP contribution in [0.5, 0.6) is 0 Å². The normalized spacial score (nSPS) is 11.7. The van der Waals surface area contributed by atoms with Gasteiger partial charge in [0.15, 0.2) is 0 Å². The maximum Gasteiger partial charge on any atom is 0.333 e. The van der Waals surface area contributed by atoms with Crippen LogP contribution in [0.25, 0.3) is 0 Å². The van der Waals surface area contributed by atoms with Crippen molar-refractivity contribution in [3.05, 3.63) is 23.8 Å². The molecule has 0 aromatic rings. The third kappa shape index (κ3) is 4.27. The second-order valence-corrected chi connectivity index (χ2v) is 2.04. The highest BCUT2D eigenvalue weighted by molar-refractivity contribution is 5.88. The zero-order valence-electron chi connectivity index (χ0n) is 6.90. The molecule has 0 aliphatic carbocycles. The van der Waals surface area contributed by atoms with Gasteiger partial charge < -0.3 is 9.84 Å². The third-order valence-electron chi connectivity index (χ3n) is 1.09. The number of carboxylic acid groups (broad SMARTS) is 1. The Kier molecular flexibility index (Phi) is 4.45. The van der Waals surface area contributed by atoms with Crippen LogP contribution in [0.3, 0.4) is 0 Å². The molecule has 0 bridgehead atoms. The molecular formula is C8H10O4. The predicted molar refractivity (Wildman–Crippen MR) is 42.5 cm³/mol. The topological polar surface area (TPSA) is 63.6 Å². The van der Waals surface area contributed by atoms with Crippen LogP contribution >= 0.6 is 0 Å². The quantitative estimate of drug-likeness (QED) is 0.385. The first kappa shape index (κ1) is 10.4. The molecule has 0 fully saturated rings. The van der Waals surface area contributed by atoms with E-state index in [0.29, 0.717) is 5.57 Å². The molecule has 0 rings (SSSR count). The Morgan fingerprint density at radius 3 is 2.42 bits per heavy atom. The number of esters is 1. The van der Waals surface area contributed by atoms with Crippen molar-refractivity contribution in [3.63, 3.8) is 0 Å². The monoisotopic (exact) mass is 170 g/mol. The second-order valence-electron chi connectivity index (χ2n) is 2.04. The minimum absolute atomic E-state index is 0.356. The molecule has 0 atom stereocenters. The number of ether oxygens (including phenoxy) is 1. The van der Waals surface area contributed by atoms with Crippen LogP contribution < -0.4 is 0 Å². The van der Waals surface area contributed by atoms with Crippen LogP contribution in [0.2, 0.25) is 0 Å². The molecule has 0 aromatic carbocycles. The van der Waals surface area contributed by atoms with Gasteiger partial charge in [-0.2, -0.15) is 0 Å². The van der Waals surface area contributed by atoms with E-state index in [2.05, 4.69) is 4.74 Å². The molecule has 0 aliphatic rings. The van der Waals surface area contributed by atoms with Crippen LogP contribution in [-0.4, -0.2) is 24.2 Å². The molecule has 0 saturated carbocycles. The molecule has 12 heavy (non-hydrogen) atoms. The van der Waals surface area contributed by atoms with Crippen LogP contribution in [0.1, 0.15) is 6.92 Å². The van der Waals surface area contributed by atoms with Crippen molar-refractivity contribution in [2.75, 3.05) is 7.11 Å². The van der Waals surface area contributed by atoms with Crippen LogP contribution in [0.15, 0.2) is 23.8 Å². The third-order valence-corrected chi connectivity index (χ3v) is 1.09. The predicted octanol–water partition coefficient (Wildman–Crippen LogP) is 0.746. The fraction of sp³-hybridized carbons (Fsp3) is 0.250. The van der Waals surface area contributed by atoms with Crippen LogP contribution in [0, 0.1) is 0 Å². The van der Waals surface area contributed by atoms with Gasteiger partial charge in [-0.15, -0.1) is 0 Å². The molecular weight excluding hydrogens is 160 g/mol. The number of carbonyl (C=O) groups excluding carboxylic acids is 1. The molecule has 1 N–H and O–H groups in total. The Balaban J connectivity index is 4.18. The summed E-state index contributed by atoms with van der Waals surface area (Å²) in [6, 6.07) is 0. The van der Waals surface area contributed by atoms with E-state index >= 15 is 0 Å². The molecule has 0 unspecified atom stereocenters. The molecule has 0 radical (unpaired) electrons. The average Bonchev–Trinajstić information content (AvgIpc) is 2.02. The fourth-order valence-corrected chi connectivity index (χ4v) is 0.504. The number of methoxy groups -OCH3 is 1. The lowest BCUT2D eigenvalue weighted by atomic mass is 10.3. The van der Waals surface area contributed by atoms with E-state index in [-0.39, 0.29) is 0 Å². The summed E-state index contributed by atoms with van der Waals surface area (Å²) in [5, 5.41) is 8.19. The molecule has 0 heterocycles. The highest BCUT2D eigenvalue weighted by atomic mass is 16.5. The van der Waals surface area contributed by atoms with Gasteiger partial charge in [0.05, 0.1) is 7.11 Å². The number of carboxylic acids is 1. The largest absolute Gasteiger partial charge is 0.478 e. The van der Waals surface area contributed by atoms with Crippen molar-refractivity contribution >= 4 is 11.9 Å². The van der Waals surface area contributed by atoms with Crippen molar-refractivity contribution in [2.45, 2.75) is 6.92 Å². The van der Waals surface area contributed by atoms with Gasteiger partial charge in [-0.25, -0.2) is 9.59 Å². The number of rotatable bonds is 3. The Bertz CT molecular complexity index is 237. The standard InChI is InChI=1S/C8H10O4/c1-6(8(11)12-2)4-3-5-7(9)10/h3-5H,1-2H3,(H,9,10). The van der Waals surface area contributed by atoms with Gasteiger partial charge in [0, 0.05) is 11.6 Å². The Hall–Kier alpha value is -1.58.